The highest BCUT2D eigenvalue weighted by atomic mass is 35.5. The average molecular weight is 285 g/mol. The van der Waals surface area contributed by atoms with E-state index in [0.717, 1.165) is 5.56 Å². The van der Waals surface area contributed by atoms with E-state index in [1.165, 1.54) is 21.0 Å². The predicted molar refractivity (Wildman–Crippen MR) is 72.5 cm³/mol. The quantitative estimate of drug-likeness (QED) is 0.616. The minimum atomic E-state index is -1.23. The first-order valence-corrected chi connectivity index (χ1v) is 6.17. The van der Waals surface area contributed by atoms with E-state index >= 15 is 0 Å². The van der Waals surface area contributed by atoms with Crippen LogP contribution in [-0.4, -0.2) is 25.5 Å². The molecule has 4 nitrogen and oxygen atoms in total. The molecule has 19 heavy (non-hydrogen) atoms. The molecule has 5 heteroatoms. The molecule has 0 atom stereocenters. The molecule has 0 amide bonds. The Bertz CT molecular complexity index is 494. The van der Waals surface area contributed by atoms with E-state index in [1.807, 2.05) is 13.0 Å². The SMILES string of the molecule is COC(=O)C(C)(C)C(=O)COc1ccc(C)cc1Cl. The van der Waals surface area contributed by atoms with Crippen LogP contribution in [0.5, 0.6) is 5.75 Å². The third kappa shape index (κ3) is 3.70. The molecule has 0 bridgehead atoms. The van der Waals surface area contributed by atoms with Crippen LogP contribution in [0.2, 0.25) is 5.02 Å². The van der Waals surface area contributed by atoms with Crippen molar-refractivity contribution in [3.05, 3.63) is 28.8 Å². The van der Waals surface area contributed by atoms with Crippen molar-refractivity contribution in [1.29, 1.82) is 0 Å². The van der Waals surface area contributed by atoms with Crippen molar-refractivity contribution in [2.75, 3.05) is 13.7 Å². The molecular weight excluding hydrogens is 268 g/mol. The van der Waals surface area contributed by atoms with Gasteiger partial charge < -0.3 is 9.47 Å². The summed E-state index contributed by atoms with van der Waals surface area (Å²) >= 11 is 5.99. The van der Waals surface area contributed by atoms with Crippen molar-refractivity contribution in [1.82, 2.24) is 0 Å². The zero-order chi connectivity index (χ0) is 14.6. The van der Waals surface area contributed by atoms with Gasteiger partial charge in [-0.2, -0.15) is 0 Å². The maximum atomic E-state index is 11.9. The summed E-state index contributed by atoms with van der Waals surface area (Å²) in [7, 11) is 1.25. The lowest BCUT2D eigenvalue weighted by Crippen LogP contribution is -2.37. The number of Topliss-reactive ketones (excluding diaryl/α,β-unsaturated/α-hetero) is 1. The van der Waals surface area contributed by atoms with E-state index in [9.17, 15) is 9.59 Å². The fraction of sp³-hybridized carbons (Fsp3) is 0.429. The monoisotopic (exact) mass is 284 g/mol. The normalized spacial score (nSPS) is 11.0. The van der Waals surface area contributed by atoms with Crippen molar-refractivity contribution < 1.29 is 19.1 Å². The van der Waals surface area contributed by atoms with Crippen LogP contribution in [0.15, 0.2) is 18.2 Å². The molecule has 0 aliphatic carbocycles. The number of ether oxygens (including phenoxy) is 2. The van der Waals surface area contributed by atoms with E-state index in [0.29, 0.717) is 10.8 Å². The minimum absolute atomic E-state index is 0.231. The molecule has 0 unspecified atom stereocenters. The van der Waals surface area contributed by atoms with Crippen LogP contribution in [-0.2, 0) is 14.3 Å². The Morgan fingerprint density at radius 3 is 2.47 bits per heavy atom. The van der Waals surface area contributed by atoms with Crippen molar-refractivity contribution in [3.63, 3.8) is 0 Å². The van der Waals surface area contributed by atoms with Crippen LogP contribution in [0.3, 0.4) is 0 Å². The van der Waals surface area contributed by atoms with Gasteiger partial charge in [-0.15, -0.1) is 0 Å². The topological polar surface area (TPSA) is 52.6 Å². The number of hydrogen-bond donors (Lipinski definition) is 0. The lowest BCUT2D eigenvalue weighted by molar-refractivity contribution is -0.156. The number of hydrogen-bond acceptors (Lipinski definition) is 4. The smallest absolute Gasteiger partial charge is 0.318 e. The molecule has 0 heterocycles. The Morgan fingerprint density at radius 1 is 1.32 bits per heavy atom. The zero-order valence-electron chi connectivity index (χ0n) is 11.5. The molecule has 0 aromatic heterocycles. The van der Waals surface area contributed by atoms with Crippen molar-refractivity contribution in [3.8, 4) is 5.75 Å². The predicted octanol–water partition coefficient (Wildman–Crippen LogP) is 2.80. The van der Waals surface area contributed by atoms with Crippen LogP contribution in [0, 0.1) is 12.3 Å². The second-order valence-corrected chi connectivity index (χ2v) is 5.17. The molecule has 1 rings (SSSR count). The van der Waals surface area contributed by atoms with E-state index in [2.05, 4.69) is 4.74 Å². The van der Waals surface area contributed by atoms with Gasteiger partial charge in [-0.05, 0) is 38.5 Å². The number of carbonyl (C=O) groups excluding carboxylic acids is 2. The van der Waals surface area contributed by atoms with Crippen LogP contribution in [0.4, 0.5) is 0 Å². The number of benzene rings is 1. The second-order valence-electron chi connectivity index (χ2n) is 4.76. The van der Waals surface area contributed by atoms with Crippen LogP contribution in [0.1, 0.15) is 19.4 Å². The molecule has 0 saturated heterocycles. The van der Waals surface area contributed by atoms with Gasteiger partial charge in [0.2, 0.25) is 0 Å². The Kier molecular flexibility index (Phi) is 4.95. The summed E-state index contributed by atoms with van der Waals surface area (Å²) < 4.78 is 9.93. The zero-order valence-corrected chi connectivity index (χ0v) is 12.2. The Labute approximate surface area is 117 Å². The Morgan fingerprint density at radius 2 is 1.95 bits per heavy atom. The number of halogens is 1. The van der Waals surface area contributed by atoms with Gasteiger partial charge in [-0.3, -0.25) is 9.59 Å². The maximum Gasteiger partial charge on any atom is 0.318 e. The van der Waals surface area contributed by atoms with Crippen molar-refractivity contribution in [2.24, 2.45) is 5.41 Å². The molecule has 0 saturated carbocycles. The molecule has 0 N–H and O–H groups in total. The standard InChI is InChI=1S/C14H17ClO4/c1-9-5-6-11(10(15)7-9)19-8-12(16)14(2,3)13(17)18-4/h5-7H,8H2,1-4H3. The lowest BCUT2D eigenvalue weighted by atomic mass is 9.88. The van der Waals surface area contributed by atoms with Crippen LogP contribution in [0.25, 0.3) is 0 Å². The second kappa shape index (κ2) is 6.06. The molecule has 1 aromatic carbocycles. The van der Waals surface area contributed by atoms with Crippen LogP contribution >= 0.6 is 11.6 Å². The summed E-state index contributed by atoms with van der Waals surface area (Å²) in [5.41, 5.74) is -0.232. The van der Waals surface area contributed by atoms with Crippen LogP contribution < -0.4 is 4.74 Å². The first-order chi connectivity index (χ1) is 8.78. The van der Waals surface area contributed by atoms with Gasteiger partial charge in [0.15, 0.2) is 5.78 Å². The van der Waals surface area contributed by atoms with E-state index < -0.39 is 11.4 Å². The van der Waals surface area contributed by atoms with Gasteiger partial charge >= 0.3 is 5.97 Å². The molecule has 0 spiro atoms. The molecule has 0 aliphatic rings. The van der Waals surface area contributed by atoms with Crippen molar-refractivity contribution >= 4 is 23.4 Å². The highest BCUT2D eigenvalue weighted by Gasteiger charge is 2.37. The maximum absolute atomic E-state index is 11.9. The number of rotatable bonds is 5. The number of carbonyl (C=O) groups is 2. The number of methoxy groups -OCH3 is 1. The molecule has 104 valence electrons. The third-order valence-electron chi connectivity index (χ3n) is 2.84. The minimum Gasteiger partial charge on any atom is -0.484 e. The molecule has 1 aromatic rings. The summed E-state index contributed by atoms with van der Waals surface area (Å²) in [4.78, 5) is 23.4. The average Bonchev–Trinajstić information content (AvgIpc) is 2.36. The van der Waals surface area contributed by atoms with Gasteiger partial charge in [0.1, 0.15) is 17.8 Å². The fourth-order valence-electron chi connectivity index (χ4n) is 1.42. The van der Waals surface area contributed by atoms with E-state index in [-0.39, 0.29) is 12.4 Å². The number of ketones is 1. The summed E-state index contributed by atoms with van der Waals surface area (Å²) in [5, 5.41) is 0.434. The van der Waals surface area contributed by atoms with E-state index in [4.69, 9.17) is 16.3 Å². The fourth-order valence-corrected chi connectivity index (χ4v) is 1.71. The molecule has 0 radical (unpaired) electrons. The first kappa shape index (κ1) is 15.5. The largest absolute Gasteiger partial charge is 0.484 e. The first-order valence-electron chi connectivity index (χ1n) is 5.79. The van der Waals surface area contributed by atoms with Gasteiger partial charge in [-0.25, -0.2) is 0 Å². The van der Waals surface area contributed by atoms with Crippen molar-refractivity contribution in [2.45, 2.75) is 20.8 Å². The summed E-state index contributed by atoms with van der Waals surface area (Å²) in [5.74, 6) is -0.534. The summed E-state index contributed by atoms with van der Waals surface area (Å²) in [6.45, 7) is 4.68. The Balaban J connectivity index is 2.71. The van der Waals surface area contributed by atoms with Gasteiger partial charge in [0, 0.05) is 0 Å². The summed E-state index contributed by atoms with van der Waals surface area (Å²) in [6, 6.07) is 5.26. The molecular formula is C14H17ClO4. The summed E-state index contributed by atoms with van der Waals surface area (Å²) in [6.07, 6.45) is 0. The van der Waals surface area contributed by atoms with Gasteiger partial charge in [0.05, 0.1) is 12.1 Å². The van der Waals surface area contributed by atoms with E-state index in [1.54, 1.807) is 12.1 Å². The molecule has 0 fully saturated rings. The van der Waals surface area contributed by atoms with Gasteiger partial charge in [0.25, 0.3) is 0 Å². The highest BCUT2D eigenvalue weighted by molar-refractivity contribution is 6.32. The highest BCUT2D eigenvalue weighted by Crippen LogP contribution is 2.26. The molecule has 0 aliphatic heterocycles. The Hall–Kier alpha value is -1.55. The van der Waals surface area contributed by atoms with Gasteiger partial charge in [-0.1, -0.05) is 17.7 Å². The third-order valence-corrected chi connectivity index (χ3v) is 3.13. The number of aryl methyl sites for hydroxylation is 1. The lowest BCUT2D eigenvalue weighted by Gasteiger charge is -2.20. The number of esters is 1.